The van der Waals surface area contributed by atoms with Crippen LogP contribution in [0.15, 0.2) is 60.9 Å². The van der Waals surface area contributed by atoms with E-state index >= 15 is 4.79 Å². The fraction of sp³-hybridized carbons (Fsp3) is 0.550. The molecule has 298 valence electrons. The molecule has 4 fully saturated rings. The molecule has 15 heteroatoms. The van der Waals surface area contributed by atoms with Gasteiger partial charge in [-0.1, -0.05) is 54.6 Å². The third-order valence-electron chi connectivity index (χ3n) is 10.5. The van der Waals surface area contributed by atoms with Crippen molar-refractivity contribution in [3.63, 3.8) is 0 Å². The van der Waals surface area contributed by atoms with Gasteiger partial charge in [-0.3, -0.25) is 24.0 Å². The van der Waals surface area contributed by atoms with Gasteiger partial charge in [-0.2, -0.15) is 5.06 Å². The van der Waals surface area contributed by atoms with Gasteiger partial charge in [-0.05, 0) is 50.0 Å². The van der Waals surface area contributed by atoms with Crippen molar-refractivity contribution in [1.82, 2.24) is 15.3 Å². The number of hydrogen-bond donors (Lipinski definition) is 3. The minimum Gasteiger partial charge on any atom is -0.499 e. The van der Waals surface area contributed by atoms with Crippen LogP contribution in [0.3, 0.4) is 0 Å². The van der Waals surface area contributed by atoms with Crippen molar-refractivity contribution in [2.24, 2.45) is 5.41 Å². The van der Waals surface area contributed by atoms with Crippen LogP contribution in [-0.4, -0.2) is 126 Å². The molecule has 3 saturated heterocycles. The highest BCUT2D eigenvalue weighted by molar-refractivity contribution is 5.96. The van der Waals surface area contributed by atoms with Crippen molar-refractivity contribution in [1.29, 1.82) is 0 Å². The lowest BCUT2D eigenvalue weighted by molar-refractivity contribution is -0.204. The number of esters is 2. The number of hydroxylamine groups is 2. The number of nitrogens with zero attached hydrogens (tertiary/aromatic N) is 2. The number of nitrogens with one attached hydrogen (secondary N) is 1. The third kappa shape index (κ3) is 8.72. The number of fused-ring (bicyclic) bond motifs is 4. The summed E-state index contributed by atoms with van der Waals surface area (Å²) in [6, 6.07) is 13.6. The molecule has 0 radical (unpaired) electrons. The SMILES string of the molecule is CN(C(=O)[C@@]12C[C@H]3OC(=O)[C@@H]1N(Cc1ccccc1C=COCCO)O[C@@H]2[C@H]1OCO[C@H]13)[C@H](Cc1ccccc1)C(=O)N[C@H](CO)CCC(=O)OC(C)(C)C. The van der Waals surface area contributed by atoms with Gasteiger partial charge in [-0.25, -0.2) is 0 Å². The zero-order chi connectivity index (χ0) is 39.3. The van der Waals surface area contributed by atoms with E-state index in [1.54, 1.807) is 26.8 Å². The van der Waals surface area contributed by atoms with Crippen molar-refractivity contribution in [3.8, 4) is 0 Å². The highest BCUT2D eigenvalue weighted by atomic mass is 16.8. The molecular formula is C40H51N3O12. The van der Waals surface area contributed by atoms with Gasteiger partial charge in [0.15, 0.2) is 6.04 Å². The molecule has 4 aliphatic rings. The zero-order valence-corrected chi connectivity index (χ0v) is 31.6. The van der Waals surface area contributed by atoms with Crippen LogP contribution >= 0.6 is 0 Å². The molecule has 1 saturated carbocycles. The Balaban J connectivity index is 1.31. The number of rotatable bonds is 16. The second-order valence-corrected chi connectivity index (χ2v) is 15.3. The highest BCUT2D eigenvalue weighted by Crippen LogP contribution is 2.56. The number of ether oxygens (including phenoxy) is 5. The van der Waals surface area contributed by atoms with E-state index in [9.17, 15) is 19.5 Å². The zero-order valence-electron chi connectivity index (χ0n) is 31.6. The molecule has 3 N–H and O–H groups in total. The summed E-state index contributed by atoms with van der Waals surface area (Å²) in [7, 11) is 1.53. The molecule has 2 aromatic carbocycles. The molecule has 1 aliphatic carbocycles. The smallest absolute Gasteiger partial charge is 0.327 e. The molecule has 0 aromatic heterocycles. The molecule has 55 heavy (non-hydrogen) atoms. The van der Waals surface area contributed by atoms with E-state index < -0.39 is 83.9 Å². The molecule has 8 atom stereocenters. The minimum absolute atomic E-state index is 0.0384. The summed E-state index contributed by atoms with van der Waals surface area (Å²) < 4.78 is 28.6. The quantitative estimate of drug-likeness (QED) is 0.128. The van der Waals surface area contributed by atoms with Gasteiger partial charge in [0.05, 0.1) is 32.1 Å². The summed E-state index contributed by atoms with van der Waals surface area (Å²) in [5, 5.41) is 23.7. The highest BCUT2D eigenvalue weighted by Gasteiger charge is 2.75. The van der Waals surface area contributed by atoms with E-state index in [-0.39, 0.29) is 52.2 Å². The van der Waals surface area contributed by atoms with Crippen LogP contribution in [0, 0.1) is 5.41 Å². The first-order chi connectivity index (χ1) is 26.4. The first-order valence-corrected chi connectivity index (χ1v) is 18.6. The number of likely N-dealkylation sites (N-methyl/N-ethyl adjacent to an activating group) is 1. The number of aliphatic hydroxyl groups excluding tert-OH is 2. The first kappa shape index (κ1) is 40.3. The van der Waals surface area contributed by atoms with Gasteiger partial charge in [0.1, 0.15) is 54.9 Å². The maximum absolute atomic E-state index is 15.3. The van der Waals surface area contributed by atoms with Gasteiger partial charge < -0.3 is 44.1 Å². The monoisotopic (exact) mass is 765 g/mol. The van der Waals surface area contributed by atoms with Gasteiger partial charge in [0.25, 0.3) is 0 Å². The average molecular weight is 766 g/mol. The largest absolute Gasteiger partial charge is 0.499 e. The van der Waals surface area contributed by atoms with Gasteiger partial charge in [0, 0.05) is 26.3 Å². The number of carbonyl (C=O) groups excluding carboxylic acids is 4. The lowest BCUT2D eigenvalue weighted by Gasteiger charge is -2.50. The summed E-state index contributed by atoms with van der Waals surface area (Å²) in [4.78, 5) is 64.1. The van der Waals surface area contributed by atoms with Crippen molar-refractivity contribution >= 4 is 29.8 Å². The summed E-state index contributed by atoms with van der Waals surface area (Å²) in [6.45, 7) is 4.84. The van der Waals surface area contributed by atoms with E-state index in [0.29, 0.717) is 0 Å². The van der Waals surface area contributed by atoms with Crippen LogP contribution < -0.4 is 5.32 Å². The maximum Gasteiger partial charge on any atom is 0.327 e. The van der Waals surface area contributed by atoms with Crippen LogP contribution in [0.25, 0.3) is 6.08 Å². The molecule has 2 bridgehead atoms. The van der Waals surface area contributed by atoms with Crippen molar-refractivity contribution in [2.45, 2.75) is 101 Å². The van der Waals surface area contributed by atoms with E-state index in [1.165, 1.54) is 23.3 Å². The Kier molecular flexibility index (Phi) is 12.6. The van der Waals surface area contributed by atoms with Crippen LogP contribution in [0.2, 0.25) is 0 Å². The standard InChI is InChI=1S/C40H51N3O12/c1-39(2,3)54-31(46)15-14-28(23-45)41-36(47)29(20-25-10-6-5-7-11-25)42(4)38(49)40-21-30-32-33(52-24-51-32)35(40)55-43(34(40)37(48)53-30)22-27-13-9-8-12-26(27)16-18-50-19-17-44/h5-13,16,18,28-30,32-35,44-45H,14-15,17,19-24H2,1-4H3,(H,41,47)/t28-,29+,30+,32-,33-,34-,35+,40-/m0/s1. The molecular weight excluding hydrogens is 714 g/mol. The Labute approximate surface area is 320 Å². The Morgan fingerprint density at radius 3 is 2.53 bits per heavy atom. The fourth-order valence-electron chi connectivity index (χ4n) is 7.97. The first-order valence-electron chi connectivity index (χ1n) is 18.6. The van der Waals surface area contributed by atoms with Crippen LogP contribution in [0.1, 0.15) is 56.7 Å². The molecule has 2 aromatic rings. The van der Waals surface area contributed by atoms with Crippen molar-refractivity contribution in [2.75, 3.05) is 33.7 Å². The average Bonchev–Trinajstić information content (AvgIpc) is 3.79. The van der Waals surface area contributed by atoms with Gasteiger partial charge in [0.2, 0.25) is 11.8 Å². The lowest BCUT2D eigenvalue weighted by atomic mass is 9.62. The molecule has 2 amide bonds. The topological polar surface area (TPSA) is 183 Å². The van der Waals surface area contributed by atoms with Crippen molar-refractivity contribution in [3.05, 3.63) is 77.5 Å². The third-order valence-corrected chi connectivity index (χ3v) is 10.5. The molecule has 0 unspecified atom stereocenters. The number of carbonyl (C=O) groups is 4. The Morgan fingerprint density at radius 2 is 1.80 bits per heavy atom. The van der Waals surface area contributed by atoms with Crippen LogP contribution in [-0.2, 0) is 60.7 Å². The van der Waals surface area contributed by atoms with Crippen molar-refractivity contribution < 1.29 is 57.9 Å². The number of amides is 2. The summed E-state index contributed by atoms with van der Waals surface area (Å²) in [5.41, 5.74) is 0.0906. The minimum atomic E-state index is -1.53. The van der Waals surface area contributed by atoms with E-state index in [4.69, 9.17) is 33.6 Å². The lowest BCUT2D eigenvalue weighted by Crippen LogP contribution is -2.70. The maximum atomic E-state index is 15.3. The molecule has 6 rings (SSSR count). The second kappa shape index (κ2) is 17.2. The number of hydrogen-bond acceptors (Lipinski definition) is 13. The summed E-state index contributed by atoms with van der Waals surface area (Å²) in [5.74, 6) is -2.16. The molecule has 15 nitrogen and oxygen atoms in total. The van der Waals surface area contributed by atoms with Crippen LogP contribution in [0.4, 0.5) is 0 Å². The summed E-state index contributed by atoms with van der Waals surface area (Å²) in [6.07, 6.45) is 0.332. The fourth-order valence-corrected chi connectivity index (χ4v) is 7.97. The predicted molar refractivity (Wildman–Crippen MR) is 195 cm³/mol. The Morgan fingerprint density at radius 1 is 1.07 bits per heavy atom. The normalized spacial score (nSPS) is 26.9. The van der Waals surface area contributed by atoms with E-state index in [2.05, 4.69) is 5.32 Å². The number of benzene rings is 2. The second-order valence-electron chi connectivity index (χ2n) is 15.3. The van der Waals surface area contributed by atoms with Gasteiger partial charge in [-0.15, -0.1) is 0 Å². The van der Waals surface area contributed by atoms with Crippen LogP contribution in [0.5, 0.6) is 0 Å². The molecule has 3 aliphatic heterocycles. The van der Waals surface area contributed by atoms with E-state index in [1.807, 2.05) is 54.6 Å². The predicted octanol–water partition coefficient (Wildman–Crippen LogP) is 1.88. The number of aliphatic hydroxyl groups is 2. The van der Waals surface area contributed by atoms with E-state index in [0.717, 1.165) is 16.7 Å². The molecule has 0 spiro atoms. The Hall–Kier alpha value is -4.38. The Bertz CT molecular complexity index is 1720. The van der Waals surface area contributed by atoms with Gasteiger partial charge >= 0.3 is 11.9 Å². The molecule has 3 heterocycles. The summed E-state index contributed by atoms with van der Waals surface area (Å²) >= 11 is 0.